The molecule has 1 fully saturated rings. The van der Waals surface area contributed by atoms with Crippen molar-refractivity contribution < 1.29 is 17.9 Å². The van der Waals surface area contributed by atoms with Crippen LogP contribution < -0.4 is 4.74 Å². The molecule has 0 unspecified atom stereocenters. The Morgan fingerprint density at radius 2 is 1.81 bits per heavy atom. The highest BCUT2D eigenvalue weighted by Crippen LogP contribution is 2.22. The zero-order valence-electron chi connectivity index (χ0n) is 17.5. The number of nitrogens with zero attached hydrogens (tertiary/aromatic N) is 1. The number of hydrogen-bond acceptors (Lipinski definition) is 5. The molecule has 1 aliphatic rings. The van der Waals surface area contributed by atoms with Crippen LogP contribution in [0.15, 0.2) is 82.6 Å². The van der Waals surface area contributed by atoms with Crippen molar-refractivity contribution in [3.63, 3.8) is 0 Å². The van der Waals surface area contributed by atoms with Gasteiger partial charge < -0.3 is 9.47 Å². The first-order valence-electron chi connectivity index (χ1n) is 10.3. The number of ether oxygens (including phenoxy) is 2. The Labute approximate surface area is 183 Å². The maximum absolute atomic E-state index is 12.6. The van der Waals surface area contributed by atoms with Gasteiger partial charge in [0.15, 0.2) is 9.84 Å². The molecule has 1 saturated heterocycles. The summed E-state index contributed by atoms with van der Waals surface area (Å²) in [6.45, 7) is 3.74. The smallest absolute Gasteiger partial charge is 0.199 e. The van der Waals surface area contributed by atoms with E-state index in [-0.39, 0.29) is 4.90 Å². The summed E-state index contributed by atoms with van der Waals surface area (Å²) in [7, 11) is -3.50. The van der Waals surface area contributed by atoms with Crippen molar-refractivity contribution >= 4 is 20.7 Å². The Bertz CT molecular complexity index is 1220. The minimum absolute atomic E-state index is 0.242. The molecule has 0 saturated carbocycles. The van der Waals surface area contributed by atoms with Gasteiger partial charge in [-0.05, 0) is 56.2 Å². The fraction of sp³-hybridized carbons (Fsp3) is 0.240. The van der Waals surface area contributed by atoms with Gasteiger partial charge in [-0.2, -0.15) is 0 Å². The lowest BCUT2D eigenvalue weighted by atomic mass is 10.1. The summed E-state index contributed by atoms with van der Waals surface area (Å²) in [6, 6.07) is 16.5. The van der Waals surface area contributed by atoms with Crippen molar-refractivity contribution in [1.82, 2.24) is 4.98 Å². The number of pyridine rings is 1. The first kappa shape index (κ1) is 21.3. The molecule has 3 aromatic rings. The summed E-state index contributed by atoms with van der Waals surface area (Å²) in [6.07, 6.45) is 5.18. The van der Waals surface area contributed by atoms with Crippen molar-refractivity contribution in [3.05, 3.63) is 89.0 Å². The lowest BCUT2D eigenvalue weighted by Crippen LogP contribution is -2.06. The Balaban J connectivity index is 1.44. The number of sulfone groups is 1. The molecule has 1 aromatic heterocycles. The molecule has 0 N–H and O–H groups in total. The van der Waals surface area contributed by atoms with Crippen LogP contribution >= 0.6 is 0 Å². The van der Waals surface area contributed by atoms with Crippen LogP contribution in [0.4, 0.5) is 0 Å². The molecule has 0 spiro atoms. The molecule has 0 atom stereocenters. The largest absolute Gasteiger partial charge is 0.489 e. The Hall–Kier alpha value is -2.96. The summed E-state index contributed by atoms with van der Waals surface area (Å²) in [5.74, 6) is 0.616. The van der Waals surface area contributed by atoms with Crippen LogP contribution in [-0.2, 0) is 21.2 Å². The molecule has 2 aromatic carbocycles. The third kappa shape index (κ3) is 5.40. The molecule has 0 aliphatic carbocycles. The second-order valence-corrected chi connectivity index (χ2v) is 9.34. The van der Waals surface area contributed by atoms with E-state index in [1.807, 2.05) is 43.3 Å². The number of para-hydroxylation sites is 1. The van der Waals surface area contributed by atoms with Gasteiger partial charge in [0.1, 0.15) is 12.4 Å². The van der Waals surface area contributed by atoms with E-state index in [9.17, 15) is 8.42 Å². The second-order valence-electron chi connectivity index (χ2n) is 7.51. The molecular formula is C25H25NO4S. The van der Waals surface area contributed by atoms with Crippen molar-refractivity contribution in [2.75, 3.05) is 13.2 Å². The summed E-state index contributed by atoms with van der Waals surface area (Å²) in [5, 5.41) is 2.30. The van der Waals surface area contributed by atoms with Crippen LogP contribution in [0.3, 0.4) is 0 Å². The van der Waals surface area contributed by atoms with Gasteiger partial charge in [0.2, 0.25) is 0 Å². The highest BCUT2D eigenvalue weighted by molar-refractivity contribution is 7.94. The number of benzene rings is 2. The monoisotopic (exact) mass is 435 g/mol. The quantitative estimate of drug-likeness (QED) is 0.536. The average Bonchev–Trinajstić information content (AvgIpc) is 2.78. The maximum Gasteiger partial charge on any atom is 0.199 e. The van der Waals surface area contributed by atoms with Crippen LogP contribution in [0.1, 0.15) is 24.1 Å². The molecule has 4 rings (SSSR count). The predicted molar refractivity (Wildman–Crippen MR) is 122 cm³/mol. The number of aromatic nitrogens is 1. The first-order chi connectivity index (χ1) is 15.0. The van der Waals surface area contributed by atoms with Gasteiger partial charge in [0.25, 0.3) is 0 Å². The van der Waals surface area contributed by atoms with Gasteiger partial charge in [-0.1, -0.05) is 35.9 Å². The summed E-state index contributed by atoms with van der Waals surface area (Å²) >= 11 is 0. The minimum Gasteiger partial charge on any atom is -0.489 e. The van der Waals surface area contributed by atoms with Crippen molar-refractivity contribution in [2.24, 2.45) is 0 Å². The number of allylic oxidation sites excluding steroid dienone is 2. The van der Waals surface area contributed by atoms with Gasteiger partial charge >= 0.3 is 0 Å². The number of fused-ring (bicyclic) bond motifs is 1. The summed E-state index contributed by atoms with van der Waals surface area (Å²) < 4.78 is 36.3. The molecule has 0 bridgehead atoms. The minimum atomic E-state index is -3.50. The fourth-order valence-corrected chi connectivity index (χ4v) is 4.52. The van der Waals surface area contributed by atoms with Crippen molar-refractivity contribution in [2.45, 2.75) is 31.3 Å². The average molecular weight is 436 g/mol. The van der Waals surface area contributed by atoms with E-state index < -0.39 is 9.84 Å². The standard InChI is InChI=1S/C25H25NO4S/c1-19-17-21(24-6-2-3-7-25(24)26-19)18-30-22-8-10-23(11-9-22)31(27,28)16-4-5-20-12-14-29-15-13-20/h2-11,16-17H,12-15,18H2,1H3/b16-4-. The molecule has 160 valence electrons. The third-order valence-corrected chi connectivity index (χ3v) is 6.65. The maximum atomic E-state index is 12.6. The topological polar surface area (TPSA) is 65.5 Å². The molecule has 0 amide bonds. The van der Waals surface area contributed by atoms with E-state index in [0.29, 0.717) is 25.6 Å². The molecule has 2 heterocycles. The zero-order chi connectivity index (χ0) is 21.7. The zero-order valence-corrected chi connectivity index (χ0v) is 18.3. The van der Waals surface area contributed by atoms with Gasteiger partial charge in [-0.15, -0.1) is 0 Å². The Kier molecular flexibility index (Phi) is 6.49. The number of rotatable bonds is 6. The summed E-state index contributed by atoms with van der Waals surface area (Å²) in [5.41, 5.74) is 4.12. The summed E-state index contributed by atoms with van der Waals surface area (Å²) in [4.78, 5) is 4.79. The van der Waals surface area contributed by atoms with E-state index in [2.05, 4.69) is 4.98 Å². The molecule has 0 radical (unpaired) electrons. The second kappa shape index (κ2) is 9.45. The Morgan fingerprint density at radius 1 is 1.06 bits per heavy atom. The highest BCUT2D eigenvalue weighted by Gasteiger charge is 2.11. The van der Waals surface area contributed by atoms with E-state index in [4.69, 9.17) is 9.47 Å². The SMILES string of the molecule is Cc1cc(COc2ccc(S(=O)(=O)/C=C\C=C3CCOCC3)cc2)c2ccccc2n1. The molecule has 1 aliphatic heterocycles. The predicted octanol–water partition coefficient (Wildman–Crippen LogP) is 5.15. The number of hydrogen-bond donors (Lipinski definition) is 0. The normalized spacial score (nSPS) is 14.8. The van der Waals surface area contributed by atoms with E-state index >= 15 is 0 Å². The first-order valence-corrected chi connectivity index (χ1v) is 11.8. The van der Waals surface area contributed by atoms with Crippen LogP contribution in [0.25, 0.3) is 10.9 Å². The van der Waals surface area contributed by atoms with Gasteiger partial charge in [0.05, 0.1) is 23.6 Å². The highest BCUT2D eigenvalue weighted by atomic mass is 32.2. The molecule has 5 nitrogen and oxygen atoms in total. The van der Waals surface area contributed by atoms with Crippen LogP contribution in [-0.4, -0.2) is 26.6 Å². The van der Waals surface area contributed by atoms with Gasteiger partial charge in [-0.3, -0.25) is 4.98 Å². The van der Waals surface area contributed by atoms with Crippen LogP contribution in [0.2, 0.25) is 0 Å². The molecule has 31 heavy (non-hydrogen) atoms. The lowest BCUT2D eigenvalue weighted by Gasteiger charge is -2.13. The van der Waals surface area contributed by atoms with Crippen molar-refractivity contribution in [3.8, 4) is 5.75 Å². The van der Waals surface area contributed by atoms with Gasteiger partial charge in [0, 0.05) is 22.1 Å². The third-order valence-electron chi connectivity index (χ3n) is 5.20. The molecule has 6 heteroatoms. The fourth-order valence-electron chi connectivity index (χ4n) is 3.56. The van der Waals surface area contributed by atoms with E-state index in [1.54, 1.807) is 30.3 Å². The Morgan fingerprint density at radius 3 is 2.58 bits per heavy atom. The van der Waals surface area contributed by atoms with Crippen LogP contribution in [0, 0.1) is 6.92 Å². The lowest BCUT2D eigenvalue weighted by molar-refractivity contribution is 0.119. The molecular weight excluding hydrogens is 410 g/mol. The van der Waals surface area contributed by atoms with E-state index in [0.717, 1.165) is 35.0 Å². The van der Waals surface area contributed by atoms with Crippen molar-refractivity contribution in [1.29, 1.82) is 0 Å². The van der Waals surface area contributed by atoms with E-state index in [1.165, 1.54) is 11.0 Å². The van der Waals surface area contributed by atoms with Gasteiger partial charge in [-0.25, -0.2) is 8.42 Å². The number of aryl methyl sites for hydroxylation is 1. The van der Waals surface area contributed by atoms with Crippen LogP contribution in [0.5, 0.6) is 5.75 Å².